The van der Waals surface area contributed by atoms with Crippen molar-refractivity contribution in [3.8, 4) is 0 Å². The molecule has 3 aliphatic rings. The summed E-state index contributed by atoms with van der Waals surface area (Å²) in [4.78, 5) is 38.7. The summed E-state index contributed by atoms with van der Waals surface area (Å²) in [5, 5.41) is 0. The fourth-order valence-electron chi connectivity index (χ4n) is 4.11. The van der Waals surface area contributed by atoms with E-state index < -0.39 is 5.60 Å². The molecule has 0 atom stereocenters. The van der Waals surface area contributed by atoms with E-state index in [0.717, 1.165) is 36.3 Å². The van der Waals surface area contributed by atoms with E-state index in [4.69, 9.17) is 4.74 Å². The van der Waals surface area contributed by atoms with Crippen molar-refractivity contribution >= 4 is 11.9 Å². The van der Waals surface area contributed by atoms with E-state index in [1.807, 2.05) is 18.0 Å². The molecule has 0 saturated carbocycles. The molecule has 2 saturated heterocycles. The first-order valence-corrected chi connectivity index (χ1v) is 9.23. The first-order chi connectivity index (χ1) is 12.5. The number of likely N-dealkylation sites (N-methyl/N-ethyl adjacent to an activating group) is 1. The van der Waals surface area contributed by atoms with Crippen molar-refractivity contribution in [1.82, 2.24) is 24.7 Å². The summed E-state index contributed by atoms with van der Waals surface area (Å²) < 4.78 is 6.18. The molecule has 26 heavy (non-hydrogen) atoms. The summed E-state index contributed by atoms with van der Waals surface area (Å²) in [6.07, 6.45) is 4.21. The number of nitrogens with zero attached hydrogens (tertiary/aromatic N) is 5. The van der Waals surface area contributed by atoms with Crippen LogP contribution < -0.4 is 0 Å². The molecule has 4 heterocycles. The average molecular weight is 359 g/mol. The minimum atomic E-state index is -0.401. The van der Waals surface area contributed by atoms with Crippen LogP contribution in [0.15, 0.2) is 6.20 Å². The largest absolute Gasteiger partial charge is 0.368 e. The third kappa shape index (κ3) is 2.92. The predicted octanol–water partition coefficient (Wildman–Crippen LogP) is 0.543. The fourth-order valence-corrected chi connectivity index (χ4v) is 4.11. The zero-order chi connectivity index (χ0) is 18.3. The first kappa shape index (κ1) is 17.2. The summed E-state index contributed by atoms with van der Waals surface area (Å²) in [6, 6.07) is -0.0662. The van der Waals surface area contributed by atoms with Crippen LogP contribution in [0, 0.1) is 6.92 Å². The first-order valence-electron chi connectivity index (χ1n) is 9.23. The molecule has 140 valence electrons. The highest BCUT2D eigenvalue weighted by molar-refractivity contribution is 5.85. The Balaban J connectivity index is 1.43. The molecule has 2 fully saturated rings. The Bertz CT molecular complexity index is 730. The molecule has 0 radical (unpaired) electrons. The van der Waals surface area contributed by atoms with E-state index in [2.05, 4.69) is 9.97 Å². The van der Waals surface area contributed by atoms with Gasteiger partial charge in [-0.3, -0.25) is 4.79 Å². The molecule has 0 unspecified atom stereocenters. The number of carbonyl (C=O) groups excluding carboxylic acids is 2. The molecule has 4 rings (SSSR count). The lowest BCUT2D eigenvalue weighted by molar-refractivity contribution is -0.141. The van der Waals surface area contributed by atoms with Crippen molar-refractivity contribution in [2.24, 2.45) is 0 Å². The van der Waals surface area contributed by atoms with Gasteiger partial charge in [-0.1, -0.05) is 0 Å². The number of urea groups is 1. The average Bonchev–Trinajstić information content (AvgIpc) is 2.95. The molecule has 0 aromatic carbocycles. The standard InChI is InChI=1S/C18H25N5O3/c1-13-19-11-14-3-10-26-18(16(14)20-13)4-6-22(7-5-18)15(24)12-23-9-8-21(2)17(23)25/h11H,3-10,12H2,1-2H3. The van der Waals surface area contributed by atoms with Gasteiger partial charge in [-0.25, -0.2) is 14.8 Å². The molecule has 0 bridgehead atoms. The number of ether oxygens (including phenoxy) is 1. The Hall–Kier alpha value is -2.22. The highest BCUT2D eigenvalue weighted by Crippen LogP contribution is 2.40. The van der Waals surface area contributed by atoms with Gasteiger partial charge in [0.2, 0.25) is 5.91 Å². The van der Waals surface area contributed by atoms with E-state index in [1.54, 1.807) is 16.8 Å². The van der Waals surface area contributed by atoms with Gasteiger partial charge in [-0.15, -0.1) is 0 Å². The predicted molar refractivity (Wildman–Crippen MR) is 93.5 cm³/mol. The molecule has 1 aromatic rings. The number of hydrogen-bond donors (Lipinski definition) is 0. The number of fused-ring (bicyclic) bond motifs is 2. The fraction of sp³-hybridized carbons (Fsp3) is 0.667. The second-order valence-corrected chi connectivity index (χ2v) is 7.39. The van der Waals surface area contributed by atoms with E-state index >= 15 is 0 Å². The minimum absolute atomic E-state index is 0.0124. The monoisotopic (exact) mass is 359 g/mol. The van der Waals surface area contributed by atoms with Crippen molar-refractivity contribution in [2.75, 3.05) is 46.4 Å². The van der Waals surface area contributed by atoms with E-state index in [9.17, 15) is 9.59 Å². The maximum atomic E-state index is 12.6. The lowest BCUT2D eigenvalue weighted by Crippen LogP contribution is -2.51. The Kier molecular flexibility index (Phi) is 4.30. The zero-order valence-corrected chi connectivity index (χ0v) is 15.4. The van der Waals surface area contributed by atoms with Crippen LogP contribution in [0.4, 0.5) is 4.79 Å². The number of piperidine rings is 1. The van der Waals surface area contributed by atoms with Gasteiger partial charge in [-0.2, -0.15) is 0 Å². The van der Waals surface area contributed by atoms with Crippen LogP contribution >= 0.6 is 0 Å². The lowest BCUT2D eigenvalue weighted by Gasteiger charge is -2.44. The second kappa shape index (κ2) is 6.50. The van der Waals surface area contributed by atoms with E-state index in [1.165, 1.54) is 0 Å². The van der Waals surface area contributed by atoms with Gasteiger partial charge in [0, 0.05) is 39.4 Å². The van der Waals surface area contributed by atoms with Crippen LogP contribution in [0.2, 0.25) is 0 Å². The molecule has 0 aliphatic carbocycles. The Morgan fingerprint density at radius 3 is 2.73 bits per heavy atom. The van der Waals surface area contributed by atoms with Crippen LogP contribution in [0.1, 0.15) is 29.9 Å². The van der Waals surface area contributed by atoms with Crippen molar-refractivity contribution in [3.05, 3.63) is 23.3 Å². The van der Waals surface area contributed by atoms with E-state index in [-0.39, 0.29) is 18.5 Å². The van der Waals surface area contributed by atoms with Gasteiger partial charge in [0.15, 0.2) is 0 Å². The number of aryl methyl sites for hydroxylation is 1. The van der Waals surface area contributed by atoms with Gasteiger partial charge in [0.1, 0.15) is 18.0 Å². The molecule has 3 aliphatic heterocycles. The van der Waals surface area contributed by atoms with Crippen LogP contribution in [0.5, 0.6) is 0 Å². The molecule has 1 aromatic heterocycles. The minimum Gasteiger partial charge on any atom is -0.368 e. The molecule has 3 amide bonds. The van der Waals surface area contributed by atoms with Crippen molar-refractivity contribution < 1.29 is 14.3 Å². The van der Waals surface area contributed by atoms with Crippen LogP contribution in [-0.2, 0) is 21.6 Å². The maximum Gasteiger partial charge on any atom is 0.320 e. The molecular formula is C18H25N5O3. The SMILES string of the molecule is Cc1ncc2c(n1)C1(CCN(C(=O)CN3CCN(C)C3=O)CC1)OCC2. The zero-order valence-electron chi connectivity index (χ0n) is 15.4. The van der Waals surface area contributed by atoms with Crippen molar-refractivity contribution in [3.63, 3.8) is 0 Å². The van der Waals surface area contributed by atoms with Gasteiger partial charge in [0.05, 0.1) is 12.3 Å². The van der Waals surface area contributed by atoms with Gasteiger partial charge >= 0.3 is 6.03 Å². The van der Waals surface area contributed by atoms with Gasteiger partial charge in [-0.05, 0) is 31.7 Å². The summed E-state index contributed by atoms with van der Waals surface area (Å²) in [5.41, 5.74) is 1.76. The summed E-state index contributed by atoms with van der Waals surface area (Å²) >= 11 is 0. The number of aromatic nitrogens is 2. The second-order valence-electron chi connectivity index (χ2n) is 7.39. The molecule has 1 spiro atoms. The normalized spacial score (nSPS) is 22.1. The van der Waals surface area contributed by atoms with Crippen LogP contribution in [-0.4, -0.2) is 83.0 Å². The maximum absolute atomic E-state index is 12.6. The Morgan fingerprint density at radius 2 is 2.04 bits per heavy atom. The van der Waals surface area contributed by atoms with E-state index in [0.29, 0.717) is 32.8 Å². The number of rotatable bonds is 2. The highest BCUT2D eigenvalue weighted by atomic mass is 16.5. The van der Waals surface area contributed by atoms with Gasteiger partial charge in [0.25, 0.3) is 0 Å². The highest BCUT2D eigenvalue weighted by Gasteiger charge is 2.43. The summed E-state index contributed by atoms with van der Waals surface area (Å²) in [6.45, 7) is 5.27. The molecule has 8 nitrogen and oxygen atoms in total. The molecular weight excluding hydrogens is 334 g/mol. The summed E-state index contributed by atoms with van der Waals surface area (Å²) in [7, 11) is 1.76. The van der Waals surface area contributed by atoms with Gasteiger partial charge < -0.3 is 19.4 Å². The van der Waals surface area contributed by atoms with Crippen LogP contribution in [0.3, 0.4) is 0 Å². The lowest BCUT2D eigenvalue weighted by atomic mass is 9.83. The smallest absolute Gasteiger partial charge is 0.320 e. The van der Waals surface area contributed by atoms with Crippen molar-refractivity contribution in [2.45, 2.75) is 31.8 Å². The Labute approximate surface area is 153 Å². The van der Waals surface area contributed by atoms with Crippen LogP contribution in [0.25, 0.3) is 0 Å². The van der Waals surface area contributed by atoms with Crippen molar-refractivity contribution in [1.29, 1.82) is 0 Å². The number of likely N-dealkylation sites (tertiary alicyclic amines) is 1. The molecule has 8 heteroatoms. The topological polar surface area (TPSA) is 78.9 Å². The quantitative estimate of drug-likeness (QED) is 0.770. The summed E-state index contributed by atoms with van der Waals surface area (Å²) in [5.74, 6) is 0.766. The molecule has 0 N–H and O–H groups in total. The Morgan fingerprint density at radius 1 is 1.27 bits per heavy atom. The number of hydrogen-bond acceptors (Lipinski definition) is 5. The number of amides is 3. The number of carbonyl (C=O) groups is 2. The third-order valence-electron chi connectivity index (χ3n) is 5.72. The third-order valence-corrected chi connectivity index (χ3v) is 5.72.